The van der Waals surface area contributed by atoms with Crippen molar-refractivity contribution in [2.24, 2.45) is 15.0 Å². The molecule has 3 nitrogen and oxygen atoms in total. The maximum Gasteiger partial charge on any atom is 0.0716 e. The van der Waals surface area contributed by atoms with Crippen LogP contribution in [-0.4, -0.2) is 24.7 Å². The van der Waals surface area contributed by atoms with Crippen molar-refractivity contribution in [2.75, 3.05) is 6.54 Å². The number of allylic oxidation sites excluding steroid dienone is 4. The third-order valence-electron chi connectivity index (χ3n) is 12.7. The van der Waals surface area contributed by atoms with Gasteiger partial charge in [0.1, 0.15) is 0 Å². The quantitative estimate of drug-likeness (QED) is 0.0727. The van der Waals surface area contributed by atoms with Crippen LogP contribution in [0.2, 0.25) is 0 Å². The van der Waals surface area contributed by atoms with Crippen molar-refractivity contribution in [3.05, 3.63) is 251 Å². The van der Waals surface area contributed by atoms with Crippen molar-refractivity contribution >= 4 is 52.0 Å². The van der Waals surface area contributed by atoms with Crippen LogP contribution < -0.4 is 0 Å². The van der Waals surface area contributed by atoms with Crippen LogP contribution in [0.5, 0.6) is 0 Å². The standard InChI is InChI=1S/C60H55N3.2C2H6/c1-6-60(7-2,52-36-32-45(33-37-52)43(3)40-59(49-24-12-9-13-25-49)63-44(4)54-31-19-27-47-21-15-17-30-56(47)54)53-38-34-50(35-39-53)58(41-57(61-5)48-22-10-8-11-23-48)62-42-51-28-18-26-46-20-14-16-29-55(46)51;2*1-2/h8-27,29-41,51H,3,5-7,28,42H2,1-2,4H3;2*1-2H3/b57-41-,59-40-,62-58?,63-44?;;. The normalized spacial score (nSPS) is 14.0. The van der Waals surface area contributed by atoms with Crippen molar-refractivity contribution in [3.63, 3.8) is 0 Å². The lowest BCUT2D eigenvalue weighted by atomic mass is 9.70. The molecule has 7 aromatic carbocycles. The molecule has 1 atom stereocenters. The average Bonchev–Trinajstić information content (AvgIpc) is 3.41. The third kappa shape index (κ3) is 11.6. The largest absolute Gasteiger partial charge is 0.284 e. The molecule has 8 rings (SSSR count). The summed E-state index contributed by atoms with van der Waals surface area (Å²) in [6, 6.07) is 62.2. The van der Waals surface area contributed by atoms with Gasteiger partial charge in [0.05, 0.1) is 17.1 Å². The van der Waals surface area contributed by atoms with E-state index < -0.39 is 0 Å². The molecule has 0 bridgehead atoms. The van der Waals surface area contributed by atoms with Gasteiger partial charge >= 0.3 is 0 Å². The van der Waals surface area contributed by atoms with E-state index in [2.05, 4.69) is 215 Å². The van der Waals surface area contributed by atoms with E-state index in [1.807, 2.05) is 52.0 Å². The van der Waals surface area contributed by atoms with Crippen molar-refractivity contribution in [3.8, 4) is 0 Å². The SMILES string of the molecule is C=N/C(=C\C(=NCC1CC=Cc2ccccc21)c1ccc(C(CC)(CC)c2ccc(C(=C)/C=C(\N=C(C)c3cccc4ccccc34)c3ccccc3)cc2)cc1)c1ccccc1.CC.CC. The van der Waals surface area contributed by atoms with Crippen molar-refractivity contribution < 1.29 is 0 Å². The Balaban J connectivity index is 0.00000180. The Morgan fingerprint density at radius 3 is 1.78 bits per heavy atom. The highest BCUT2D eigenvalue weighted by atomic mass is 14.8. The van der Waals surface area contributed by atoms with Gasteiger partial charge < -0.3 is 0 Å². The van der Waals surface area contributed by atoms with E-state index in [0.29, 0.717) is 12.5 Å². The highest BCUT2D eigenvalue weighted by molar-refractivity contribution is 6.13. The number of nitrogens with zero attached hydrogens (tertiary/aromatic N) is 3. The number of hydrogen-bond donors (Lipinski definition) is 0. The first kappa shape index (κ1) is 49.2. The molecule has 0 radical (unpaired) electrons. The first-order valence-corrected chi connectivity index (χ1v) is 24.2. The molecule has 338 valence electrons. The van der Waals surface area contributed by atoms with E-state index in [1.165, 1.54) is 33.0 Å². The van der Waals surface area contributed by atoms with Crippen LogP contribution in [0.25, 0.3) is 33.8 Å². The van der Waals surface area contributed by atoms with E-state index in [0.717, 1.165) is 75.5 Å². The second kappa shape index (κ2) is 24.3. The van der Waals surface area contributed by atoms with Gasteiger partial charge in [-0.05, 0) is 94.8 Å². The predicted molar refractivity (Wildman–Crippen MR) is 295 cm³/mol. The van der Waals surface area contributed by atoms with Gasteiger partial charge in [0.2, 0.25) is 0 Å². The van der Waals surface area contributed by atoms with Crippen LogP contribution in [0.3, 0.4) is 0 Å². The summed E-state index contributed by atoms with van der Waals surface area (Å²) in [5.74, 6) is 0.310. The van der Waals surface area contributed by atoms with Gasteiger partial charge in [-0.2, -0.15) is 0 Å². The molecular weight excluding hydrogens is 811 g/mol. The predicted octanol–water partition coefficient (Wildman–Crippen LogP) is 17.3. The van der Waals surface area contributed by atoms with Crippen LogP contribution >= 0.6 is 0 Å². The molecular formula is C64H67N3. The molecule has 0 saturated heterocycles. The van der Waals surface area contributed by atoms with E-state index in [9.17, 15) is 0 Å². The number of rotatable bonds is 15. The molecule has 3 heteroatoms. The second-order valence-electron chi connectivity index (χ2n) is 16.3. The fourth-order valence-electron chi connectivity index (χ4n) is 9.10. The summed E-state index contributed by atoms with van der Waals surface area (Å²) >= 11 is 0. The van der Waals surface area contributed by atoms with Gasteiger partial charge in [0.25, 0.3) is 0 Å². The smallest absolute Gasteiger partial charge is 0.0716 e. The Labute approximate surface area is 401 Å². The van der Waals surface area contributed by atoms with Crippen molar-refractivity contribution in [1.29, 1.82) is 0 Å². The molecule has 0 amide bonds. The molecule has 1 unspecified atom stereocenters. The number of fused-ring (bicyclic) bond motifs is 2. The molecule has 7 aromatic rings. The lowest BCUT2D eigenvalue weighted by Gasteiger charge is -2.33. The Morgan fingerprint density at radius 1 is 0.597 bits per heavy atom. The summed E-state index contributed by atoms with van der Waals surface area (Å²) in [7, 11) is 0. The molecule has 0 aromatic heterocycles. The van der Waals surface area contributed by atoms with Gasteiger partial charge in [0.15, 0.2) is 0 Å². The van der Waals surface area contributed by atoms with Crippen LogP contribution in [0, 0.1) is 0 Å². The minimum absolute atomic E-state index is 0.174. The second-order valence-corrected chi connectivity index (χ2v) is 16.3. The van der Waals surface area contributed by atoms with E-state index >= 15 is 0 Å². The summed E-state index contributed by atoms with van der Waals surface area (Å²) in [5.41, 5.74) is 14.8. The molecule has 0 fully saturated rings. The molecule has 1 aliphatic rings. The summed E-state index contributed by atoms with van der Waals surface area (Å²) in [4.78, 5) is 15.0. The van der Waals surface area contributed by atoms with Gasteiger partial charge in [0, 0.05) is 40.3 Å². The van der Waals surface area contributed by atoms with E-state index in [1.54, 1.807) is 0 Å². The number of aliphatic imine (C=N–C) groups is 3. The topological polar surface area (TPSA) is 37.1 Å². The monoisotopic (exact) mass is 878 g/mol. The minimum atomic E-state index is -0.174. The minimum Gasteiger partial charge on any atom is -0.284 e. The fraction of sp³-hybridized carbons (Fsp3) is 0.203. The maximum atomic E-state index is 5.33. The van der Waals surface area contributed by atoms with Crippen molar-refractivity contribution in [2.45, 2.75) is 79.1 Å². The Hall–Kier alpha value is -7.23. The number of benzene rings is 7. The van der Waals surface area contributed by atoms with Crippen LogP contribution in [-0.2, 0) is 5.41 Å². The highest BCUT2D eigenvalue weighted by Crippen LogP contribution is 2.40. The van der Waals surface area contributed by atoms with Crippen molar-refractivity contribution in [1.82, 2.24) is 0 Å². The molecule has 0 N–H and O–H groups in total. The first-order chi connectivity index (χ1) is 32.9. The maximum absolute atomic E-state index is 5.33. The van der Waals surface area contributed by atoms with E-state index in [4.69, 9.17) is 9.98 Å². The molecule has 0 heterocycles. The Morgan fingerprint density at radius 2 is 1.15 bits per heavy atom. The Kier molecular flexibility index (Phi) is 17.9. The zero-order valence-electron chi connectivity index (χ0n) is 40.7. The Bertz CT molecular complexity index is 2860. The summed E-state index contributed by atoms with van der Waals surface area (Å²) in [5, 5.41) is 2.40. The lowest BCUT2D eigenvalue weighted by molar-refractivity contribution is 0.478. The molecule has 0 aliphatic heterocycles. The van der Waals surface area contributed by atoms with Crippen LogP contribution in [0.15, 0.2) is 216 Å². The first-order valence-electron chi connectivity index (χ1n) is 24.2. The average molecular weight is 878 g/mol. The van der Waals surface area contributed by atoms with E-state index in [-0.39, 0.29) is 5.41 Å². The molecule has 1 aliphatic carbocycles. The van der Waals surface area contributed by atoms with Crippen LogP contribution in [0.4, 0.5) is 0 Å². The van der Waals surface area contributed by atoms with Crippen LogP contribution in [0.1, 0.15) is 124 Å². The highest BCUT2D eigenvalue weighted by Gasteiger charge is 2.31. The van der Waals surface area contributed by atoms with Gasteiger partial charge in [-0.1, -0.05) is 236 Å². The van der Waals surface area contributed by atoms with Gasteiger partial charge in [-0.15, -0.1) is 0 Å². The third-order valence-corrected chi connectivity index (χ3v) is 12.7. The lowest BCUT2D eigenvalue weighted by Crippen LogP contribution is -2.26. The summed E-state index contributed by atoms with van der Waals surface area (Å²) in [6.07, 6.45) is 11.6. The summed E-state index contributed by atoms with van der Waals surface area (Å²) in [6.45, 7) is 23.9. The number of hydrogen-bond acceptors (Lipinski definition) is 3. The molecule has 0 saturated carbocycles. The zero-order valence-corrected chi connectivity index (χ0v) is 40.7. The fourth-order valence-corrected chi connectivity index (χ4v) is 9.10. The molecule has 67 heavy (non-hydrogen) atoms. The van der Waals surface area contributed by atoms with Gasteiger partial charge in [-0.25, -0.2) is 0 Å². The summed E-state index contributed by atoms with van der Waals surface area (Å²) < 4.78 is 0. The zero-order chi connectivity index (χ0) is 47.6. The molecule has 0 spiro atoms. The van der Waals surface area contributed by atoms with Gasteiger partial charge in [-0.3, -0.25) is 15.0 Å².